The zero-order valence-electron chi connectivity index (χ0n) is 19.1. The molecule has 0 spiro atoms. The van der Waals surface area contributed by atoms with Crippen LogP contribution in [0.3, 0.4) is 0 Å². The van der Waals surface area contributed by atoms with Crippen LogP contribution in [0.15, 0.2) is 42.7 Å². The highest BCUT2D eigenvalue weighted by Gasteiger charge is 2.36. The maximum atomic E-state index is 13.1. The van der Waals surface area contributed by atoms with E-state index in [1.165, 1.54) is 0 Å². The largest absolute Gasteiger partial charge is 0.335 e. The molecule has 170 valence electrons. The molecule has 0 aliphatic carbocycles. The molecule has 1 atom stereocenters. The summed E-state index contributed by atoms with van der Waals surface area (Å²) in [5, 5.41) is 0. The minimum Gasteiger partial charge on any atom is -0.335 e. The van der Waals surface area contributed by atoms with Gasteiger partial charge in [-0.3, -0.25) is 14.5 Å². The van der Waals surface area contributed by atoms with Gasteiger partial charge in [-0.15, -0.1) is 0 Å². The molecule has 8 heteroatoms. The van der Waals surface area contributed by atoms with Gasteiger partial charge in [0, 0.05) is 43.2 Å². The smallest absolute Gasteiger partial charge is 0.233 e. The summed E-state index contributed by atoms with van der Waals surface area (Å²) in [6, 6.07) is 9.79. The predicted molar refractivity (Wildman–Crippen MR) is 123 cm³/mol. The van der Waals surface area contributed by atoms with Crippen molar-refractivity contribution in [2.24, 2.45) is 0 Å². The molecule has 0 saturated carbocycles. The van der Waals surface area contributed by atoms with Crippen LogP contribution in [0, 0.1) is 13.8 Å². The molecule has 0 bridgehead atoms. The standard InChI is InChI=1S/C25H28N6O2/c1-17-20-15-23(33)31(16-19-7-4-3-5-8-19)25(20)28-24(27-17)21-9-6-12-30(21)22(32)10-13-29-14-11-26-18(29)2/h3-5,7-8,11,14,21H,6,9-10,12-13,15-16H2,1-2H3/t21-/m1/s1. The molecule has 0 N–H and O–H groups in total. The molecule has 0 unspecified atom stereocenters. The van der Waals surface area contributed by atoms with Crippen LogP contribution in [0.1, 0.15) is 53.8 Å². The van der Waals surface area contributed by atoms with Crippen LogP contribution in [0.5, 0.6) is 0 Å². The topological polar surface area (TPSA) is 84.2 Å². The maximum Gasteiger partial charge on any atom is 0.233 e. The lowest BCUT2D eigenvalue weighted by Gasteiger charge is -2.25. The van der Waals surface area contributed by atoms with Gasteiger partial charge in [0.05, 0.1) is 19.0 Å². The van der Waals surface area contributed by atoms with Crippen molar-refractivity contribution in [1.82, 2.24) is 24.4 Å². The van der Waals surface area contributed by atoms with Crippen LogP contribution in [-0.2, 0) is 29.1 Å². The van der Waals surface area contributed by atoms with Gasteiger partial charge in [-0.2, -0.15) is 0 Å². The van der Waals surface area contributed by atoms with Crippen molar-refractivity contribution in [1.29, 1.82) is 0 Å². The van der Waals surface area contributed by atoms with Crippen LogP contribution in [0.4, 0.5) is 5.82 Å². The Morgan fingerprint density at radius 2 is 1.97 bits per heavy atom. The average Bonchev–Trinajstić information content (AvgIpc) is 3.53. The van der Waals surface area contributed by atoms with Crippen molar-refractivity contribution in [2.75, 3.05) is 11.4 Å². The van der Waals surface area contributed by atoms with Gasteiger partial charge >= 0.3 is 0 Å². The monoisotopic (exact) mass is 444 g/mol. The first-order valence-corrected chi connectivity index (χ1v) is 11.5. The fraction of sp³-hybridized carbons (Fsp3) is 0.400. The molecule has 2 aliphatic rings. The number of fused-ring (bicyclic) bond motifs is 1. The third kappa shape index (κ3) is 4.13. The molecule has 0 radical (unpaired) electrons. The summed E-state index contributed by atoms with van der Waals surface area (Å²) in [6.07, 6.45) is 6.15. The normalized spacial score (nSPS) is 17.6. The number of carbonyl (C=O) groups excluding carboxylic acids is 2. The van der Waals surface area contributed by atoms with Gasteiger partial charge in [0.25, 0.3) is 0 Å². The number of rotatable bonds is 6. The highest BCUT2D eigenvalue weighted by Crippen LogP contribution is 2.35. The number of carbonyl (C=O) groups is 2. The van der Waals surface area contributed by atoms with E-state index in [1.807, 2.05) is 59.8 Å². The number of aromatic nitrogens is 4. The first-order valence-electron chi connectivity index (χ1n) is 11.5. The summed E-state index contributed by atoms with van der Waals surface area (Å²) in [5.74, 6) is 2.38. The highest BCUT2D eigenvalue weighted by atomic mass is 16.2. The van der Waals surface area contributed by atoms with Crippen LogP contribution in [0.25, 0.3) is 0 Å². The zero-order valence-corrected chi connectivity index (χ0v) is 19.1. The lowest BCUT2D eigenvalue weighted by Crippen LogP contribution is -2.32. The first kappa shape index (κ1) is 21.3. The second-order valence-electron chi connectivity index (χ2n) is 8.77. The van der Waals surface area contributed by atoms with E-state index in [2.05, 4.69) is 4.98 Å². The van der Waals surface area contributed by atoms with Gasteiger partial charge in [0.1, 0.15) is 11.6 Å². The molecule has 2 aliphatic heterocycles. The first-order chi connectivity index (χ1) is 16.0. The van der Waals surface area contributed by atoms with E-state index < -0.39 is 0 Å². The van der Waals surface area contributed by atoms with Crippen molar-refractivity contribution < 1.29 is 9.59 Å². The van der Waals surface area contributed by atoms with E-state index in [1.54, 1.807) is 11.1 Å². The lowest BCUT2D eigenvalue weighted by atomic mass is 10.1. The lowest BCUT2D eigenvalue weighted by molar-refractivity contribution is -0.132. The maximum absolute atomic E-state index is 13.1. The van der Waals surface area contributed by atoms with E-state index in [0.29, 0.717) is 44.1 Å². The number of hydrogen-bond donors (Lipinski definition) is 0. The molecule has 2 amide bonds. The third-order valence-electron chi connectivity index (χ3n) is 6.64. The Hall–Kier alpha value is -3.55. The average molecular weight is 445 g/mol. The molecule has 4 heterocycles. The Labute approximate surface area is 193 Å². The number of nitrogens with zero attached hydrogens (tertiary/aromatic N) is 6. The Kier molecular flexibility index (Phi) is 5.66. The Morgan fingerprint density at radius 3 is 2.73 bits per heavy atom. The molecule has 8 nitrogen and oxygen atoms in total. The number of amides is 2. The van der Waals surface area contributed by atoms with Crippen LogP contribution >= 0.6 is 0 Å². The highest BCUT2D eigenvalue weighted by molar-refractivity contribution is 6.00. The summed E-state index contributed by atoms with van der Waals surface area (Å²) < 4.78 is 1.99. The van der Waals surface area contributed by atoms with Crippen molar-refractivity contribution >= 4 is 17.6 Å². The van der Waals surface area contributed by atoms with E-state index in [0.717, 1.165) is 35.5 Å². The SMILES string of the molecule is Cc1nc([C@H]2CCCN2C(=O)CCn2ccnc2C)nc2c1CC(=O)N2Cc1ccccc1. The number of hydrogen-bond acceptors (Lipinski definition) is 5. The zero-order chi connectivity index (χ0) is 22.9. The van der Waals surface area contributed by atoms with Gasteiger partial charge < -0.3 is 9.47 Å². The number of benzene rings is 1. The number of anilines is 1. The van der Waals surface area contributed by atoms with E-state index in [4.69, 9.17) is 9.97 Å². The molecule has 1 aromatic carbocycles. The molecule has 2 aromatic heterocycles. The summed E-state index contributed by atoms with van der Waals surface area (Å²) in [7, 11) is 0. The fourth-order valence-electron chi connectivity index (χ4n) is 4.81. The van der Waals surface area contributed by atoms with Crippen molar-refractivity contribution in [3.8, 4) is 0 Å². The summed E-state index contributed by atoms with van der Waals surface area (Å²) >= 11 is 0. The van der Waals surface area contributed by atoms with Gasteiger partial charge in [-0.25, -0.2) is 15.0 Å². The molecule has 33 heavy (non-hydrogen) atoms. The molecule has 1 fully saturated rings. The van der Waals surface area contributed by atoms with Crippen LogP contribution in [-0.4, -0.2) is 42.8 Å². The second-order valence-corrected chi connectivity index (χ2v) is 8.77. The molecular weight excluding hydrogens is 416 g/mol. The Balaban J connectivity index is 1.38. The van der Waals surface area contributed by atoms with E-state index >= 15 is 0 Å². The quantitative estimate of drug-likeness (QED) is 0.583. The minimum atomic E-state index is -0.153. The Morgan fingerprint density at radius 1 is 1.15 bits per heavy atom. The van der Waals surface area contributed by atoms with Crippen molar-refractivity contribution in [3.05, 3.63) is 71.2 Å². The third-order valence-corrected chi connectivity index (χ3v) is 6.64. The number of aryl methyl sites for hydroxylation is 3. The summed E-state index contributed by atoms with van der Waals surface area (Å²) in [6.45, 7) is 5.68. The van der Waals surface area contributed by atoms with Crippen LogP contribution < -0.4 is 4.90 Å². The molecule has 1 saturated heterocycles. The second kappa shape index (κ2) is 8.77. The van der Waals surface area contributed by atoms with Crippen molar-refractivity contribution in [2.45, 2.75) is 58.7 Å². The fourth-order valence-corrected chi connectivity index (χ4v) is 4.81. The molecular formula is C25H28N6O2. The van der Waals surface area contributed by atoms with Crippen LogP contribution in [0.2, 0.25) is 0 Å². The molecule has 3 aromatic rings. The number of likely N-dealkylation sites (tertiary alicyclic amines) is 1. The number of imidazole rings is 1. The summed E-state index contributed by atoms with van der Waals surface area (Å²) in [4.78, 5) is 43.4. The van der Waals surface area contributed by atoms with E-state index in [9.17, 15) is 9.59 Å². The molecule has 5 rings (SSSR count). The van der Waals surface area contributed by atoms with Gasteiger partial charge in [0.2, 0.25) is 11.8 Å². The van der Waals surface area contributed by atoms with Crippen molar-refractivity contribution in [3.63, 3.8) is 0 Å². The summed E-state index contributed by atoms with van der Waals surface area (Å²) in [5.41, 5.74) is 2.78. The minimum absolute atomic E-state index is 0.0402. The Bertz CT molecular complexity index is 1190. The predicted octanol–water partition coefficient (Wildman–Crippen LogP) is 3.13. The van der Waals surface area contributed by atoms with Gasteiger partial charge in [-0.1, -0.05) is 30.3 Å². The van der Waals surface area contributed by atoms with Gasteiger partial charge in [-0.05, 0) is 32.3 Å². The van der Waals surface area contributed by atoms with E-state index in [-0.39, 0.29) is 17.9 Å². The van der Waals surface area contributed by atoms with Gasteiger partial charge in [0.15, 0.2) is 5.82 Å².